The molecule has 7 heterocycles. The fourth-order valence-corrected chi connectivity index (χ4v) is 18.5. The van der Waals surface area contributed by atoms with Crippen LogP contribution in [0.25, 0.3) is 220 Å². The number of rotatable bonds is 9. The topological polar surface area (TPSA) is 42.7 Å². The first-order valence-electron chi connectivity index (χ1n) is 37.4. The van der Waals surface area contributed by atoms with Gasteiger partial charge < -0.3 is 31.8 Å². The molecule has 0 saturated carbocycles. The fourth-order valence-electron chi connectivity index (χ4n) is 18.5. The van der Waals surface area contributed by atoms with Crippen LogP contribution in [0.1, 0.15) is 0 Å². The Morgan fingerprint density at radius 2 is 0.367 bits per heavy atom. The van der Waals surface area contributed by atoms with E-state index in [1.807, 2.05) is 0 Å². The second kappa shape index (κ2) is 22.9. The molecular weight excluding hydrogens is 1330 g/mol. The fraction of sp³-hybridized carbons (Fsp3) is 0. The van der Waals surface area contributed by atoms with Crippen molar-refractivity contribution in [2.45, 2.75) is 0 Å². The van der Waals surface area contributed by atoms with Gasteiger partial charge in [-0.15, -0.1) is 0 Å². The van der Waals surface area contributed by atoms with Gasteiger partial charge in [-0.2, -0.15) is 0 Å². The molecule has 0 amide bonds. The lowest BCUT2D eigenvalue weighted by molar-refractivity contribution is 0.669. The Kier molecular flexibility index (Phi) is 12.6. The first-order chi connectivity index (χ1) is 54.0. The van der Waals surface area contributed by atoms with Gasteiger partial charge in [-0.25, -0.2) is 0 Å². The largest absolute Gasteiger partial charge is 0.456 e. The zero-order chi connectivity index (χ0) is 71.1. The van der Waals surface area contributed by atoms with Crippen LogP contribution in [0.3, 0.4) is 0 Å². The van der Waals surface area contributed by atoms with Crippen LogP contribution in [-0.2, 0) is 0 Å². The Hall–Kier alpha value is -14.7. The molecule has 0 aliphatic carbocycles. The molecule has 17 aromatic carbocycles. The van der Waals surface area contributed by atoms with Crippen LogP contribution >= 0.6 is 0 Å². The molecule has 109 heavy (non-hydrogen) atoms. The molecule has 0 radical (unpaired) electrons. The molecule has 0 unspecified atom stereocenters. The molecule has 0 saturated heterocycles. The quantitative estimate of drug-likeness (QED) is 0.142. The van der Waals surface area contributed by atoms with Crippen LogP contribution in [0.2, 0.25) is 0 Å². The van der Waals surface area contributed by atoms with Gasteiger partial charge in [0.25, 0.3) is 0 Å². The van der Waals surface area contributed by atoms with Crippen molar-refractivity contribution in [1.82, 2.24) is 27.4 Å². The molecule has 24 aromatic rings. The zero-order valence-corrected chi connectivity index (χ0v) is 58.9. The average molecular weight is 1390 g/mol. The van der Waals surface area contributed by atoms with E-state index in [4.69, 9.17) is 4.42 Å². The Labute approximate surface area is 624 Å². The van der Waals surface area contributed by atoms with E-state index < -0.39 is 0 Å². The van der Waals surface area contributed by atoms with Gasteiger partial charge in [0.05, 0.1) is 66.2 Å². The summed E-state index contributed by atoms with van der Waals surface area (Å²) in [6.07, 6.45) is 0. The number of aromatic nitrogens is 6. The highest BCUT2D eigenvalue weighted by Gasteiger charge is 2.23. The average Bonchev–Trinajstić information content (AvgIpc) is 1.63. The molecule has 0 bridgehead atoms. The number of benzene rings is 17. The van der Waals surface area contributed by atoms with Gasteiger partial charge in [0.2, 0.25) is 0 Å². The van der Waals surface area contributed by atoms with Crippen LogP contribution in [0.15, 0.2) is 381 Å². The molecule has 0 aliphatic heterocycles. The third kappa shape index (κ3) is 8.81. The third-order valence-corrected chi connectivity index (χ3v) is 23.4. The lowest BCUT2D eigenvalue weighted by Gasteiger charge is -2.12. The van der Waals surface area contributed by atoms with Crippen molar-refractivity contribution in [2.24, 2.45) is 0 Å². The highest BCUT2D eigenvalue weighted by atomic mass is 16.3. The summed E-state index contributed by atoms with van der Waals surface area (Å²) < 4.78 is 21.1. The molecule has 7 heteroatoms. The van der Waals surface area contributed by atoms with Crippen molar-refractivity contribution in [3.05, 3.63) is 376 Å². The summed E-state index contributed by atoms with van der Waals surface area (Å²) in [5.41, 5.74) is 29.5. The number of nitrogens with zero attached hydrogens (tertiary/aromatic N) is 6. The highest BCUT2D eigenvalue weighted by Crippen LogP contribution is 2.45. The van der Waals surface area contributed by atoms with Gasteiger partial charge in [0.1, 0.15) is 11.2 Å². The predicted octanol–water partition coefficient (Wildman–Crippen LogP) is 27.2. The maximum absolute atomic E-state index is 6.59. The van der Waals surface area contributed by atoms with Crippen molar-refractivity contribution in [3.8, 4) is 67.5 Å². The Morgan fingerprint density at radius 3 is 0.761 bits per heavy atom. The normalized spacial score (nSPS) is 12.2. The summed E-state index contributed by atoms with van der Waals surface area (Å²) in [4.78, 5) is 0. The third-order valence-electron chi connectivity index (χ3n) is 23.4. The molecule has 0 N–H and O–H groups in total. The van der Waals surface area contributed by atoms with E-state index >= 15 is 0 Å². The van der Waals surface area contributed by atoms with E-state index in [0.29, 0.717) is 0 Å². The first kappa shape index (κ1) is 59.7. The van der Waals surface area contributed by atoms with Gasteiger partial charge in [-0.3, -0.25) is 0 Å². The van der Waals surface area contributed by atoms with E-state index in [-0.39, 0.29) is 0 Å². The van der Waals surface area contributed by atoms with Crippen molar-refractivity contribution in [2.75, 3.05) is 0 Å². The zero-order valence-electron chi connectivity index (χ0n) is 58.9. The van der Waals surface area contributed by atoms with E-state index in [2.05, 4.69) is 404 Å². The van der Waals surface area contributed by atoms with Crippen molar-refractivity contribution in [3.63, 3.8) is 0 Å². The number of hydrogen-bond donors (Lipinski definition) is 0. The molecule has 7 nitrogen and oxygen atoms in total. The van der Waals surface area contributed by atoms with Crippen LogP contribution < -0.4 is 0 Å². The van der Waals surface area contributed by atoms with E-state index in [0.717, 1.165) is 89.3 Å². The lowest BCUT2D eigenvalue weighted by atomic mass is 9.99. The number of furan rings is 1. The predicted molar refractivity (Wildman–Crippen MR) is 456 cm³/mol. The van der Waals surface area contributed by atoms with Crippen molar-refractivity contribution >= 4 is 153 Å². The Balaban J connectivity index is 0.565. The minimum atomic E-state index is 0.866. The van der Waals surface area contributed by atoms with Crippen LogP contribution in [0.4, 0.5) is 0 Å². The summed E-state index contributed by atoms with van der Waals surface area (Å²) in [5, 5.41) is 16.9. The van der Waals surface area contributed by atoms with E-state index in [1.165, 1.54) is 131 Å². The molecule has 0 spiro atoms. The molecule has 7 aromatic heterocycles. The van der Waals surface area contributed by atoms with E-state index in [9.17, 15) is 0 Å². The van der Waals surface area contributed by atoms with Gasteiger partial charge in [-0.05, 0) is 209 Å². The minimum Gasteiger partial charge on any atom is -0.456 e. The lowest BCUT2D eigenvalue weighted by Crippen LogP contribution is -1.96. The summed E-state index contributed by atoms with van der Waals surface area (Å²) in [7, 11) is 0. The van der Waals surface area contributed by atoms with E-state index in [1.54, 1.807) is 0 Å². The van der Waals surface area contributed by atoms with Gasteiger partial charge >= 0.3 is 0 Å². The minimum absolute atomic E-state index is 0.866. The van der Waals surface area contributed by atoms with Crippen LogP contribution in [0, 0.1) is 0 Å². The number of fused-ring (bicyclic) bond motifs is 21. The molecular formula is C102H62N6O. The smallest absolute Gasteiger partial charge is 0.135 e. The summed E-state index contributed by atoms with van der Waals surface area (Å²) in [6, 6.07) is 139. The van der Waals surface area contributed by atoms with Crippen LogP contribution in [0.5, 0.6) is 0 Å². The number of hydrogen-bond acceptors (Lipinski definition) is 1. The second-order valence-corrected chi connectivity index (χ2v) is 29.2. The molecule has 506 valence electrons. The molecule has 0 atom stereocenters. The summed E-state index contributed by atoms with van der Waals surface area (Å²) >= 11 is 0. The maximum Gasteiger partial charge on any atom is 0.135 e. The standard InChI is InChI=1S/C102H62N6O/c1-3-19-69(20-4-1)104-89-29-13-9-25-77(89)81-48-44-74(62-100(81)104)108-94-34-18-12-28-80(94)85-57-65(41-52-98(85)108)64-38-49-95-83(55-64)78-26-10-16-32-92(78)103(95)71-42-35-63(36-43-71)68-37-47-82-86-58-67(39-50-96(86)105(99(82)59-68)70-21-5-2-6-22-70)66-40-51-97-84(56-66)79-27-11-17-33-93(79)107(97)73-46-54-102-88(61-73)87-60-72(45-53-101(87)109-102)106-90-30-14-7-23-75(90)76-24-8-15-31-91(76)106/h1-62H. The van der Waals surface area contributed by atoms with Gasteiger partial charge in [0.15, 0.2) is 0 Å². The second-order valence-electron chi connectivity index (χ2n) is 29.2. The van der Waals surface area contributed by atoms with Gasteiger partial charge in [-0.1, -0.05) is 200 Å². The highest BCUT2D eigenvalue weighted by molar-refractivity contribution is 6.18. The molecule has 0 fully saturated rings. The Morgan fingerprint density at radius 1 is 0.128 bits per heavy atom. The Bertz CT molecular complexity index is 7910. The summed E-state index contributed by atoms with van der Waals surface area (Å²) in [5.74, 6) is 0. The first-order valence-corrected chi connectivity index (χ1v) is 37.4. The molecule has 0 aliphatic rings. The number of para-hydroxylation sites is 8. The van der Waals surface area contributed by atoms with Crippen molar-refractivity contribution < 1.29 is 4.42 Å². The maximum atomic E-state index is 6.59. The monoisotopic (exact) mass is 1390 g/mol. The van der Waals surface area contributed by atoms with Crippen molar-refractivity contribution in [1.29, 1.82) is 0 Å². The van der Waals surface area contributed by atoms with Crippen LogP contribution in [-0.4, -0.2) is 27.4 Å². The summed E-state index contributed by atoms with van der Waals surface area (Å²) in [6.45, 7) is 0. The van der Waals surface area contributed by atoms with Gasteiger partial charge in [0, 0.05) is 110 Å². The molecule has 24 rings (SSSR count). The SMILES string of the molecule is c1ccc(-n2c3ccc(-c4ccc5c(c4)c4ccccc4n5-c4ccc5oc6ccc(-n7c8ccccc8c8ccccc87)cc6c5c4)cc3c3ccc(-c4ccc(-n5c6ccccc6c6cc(-c7ccc8c(c7)c7ccccc7n8-c7ccc8c9ccccc9n(-c9ccccc9)c8c7)ccc65)cc4)cc32)cc1.